The van der Waals surface area contributed by atoms with E-state index in [1.54, 1.807) is 47.8 Å². The minimum atomic E-state index is -0.340. The number of fused-ring (bicyclic) bond motifs is 1. The van der Waals surface area contributed by atoms with E-state index in [2.05, 4.69) is 5.10 Å². The fourth-order valence-electron chi connectivity index (χ4n) is 3.73. The lowest BCUT2D eigenvalue weighted by atomic mass is 9.97. The molecule has 152 valence electrons. The van der Waals surface area contributed by atoms with Crippen molar-refractivity contribution in [3.8, 4) is 11.3 Å². The van der Waals surface area contributed by atoms with Crippen LogP contribution in [-0.4, -0.2) is 46.3 Å². The van der Waals surface area contributed by atoms with E-state index in [0.717, 1.165) is 10.2 Å². The van der Waals surface area contributed by atoms with Gasteiger partial charge in [-0.05, 0) is 38.0 Å². The molecule has 0 atom stereocenters. The molecule has 0 spiro atoms. The molecular formula is C21H22FN3O3S. The molecule has 0 N–H and O–H groups in total. The lowest BCUT2D eigenvalue weighted by molar-refractivity contribution is -0.149. The van der Waals surface area contributed by atoms with Gasteiger partial charge in [0, 0.05) is 31.1 Å². The molecule has 2 aromatic heterocycles. The predicted octanol–water partition coefficient (Wildman–Crippen LogP) is 3.86. The molecule has 1 saturated heterocycles. The molecule has 1 fully saturated rings. The zero-order valence-corrected chi connectivity index (χ0v) is 17.2. The van der Waals surface area contributed by atoms with E-state index in [-0.39, 0.29) is 23.6 Å². The molecule has 6 nitrogen and oxygen atoms in total. The Hall–Kier alpha value is -2.74. The molecule has 3 aromatic rings. The summed E-state index contributed by atoms with van der Waals surface area (Å²) in [5.41, 5.74) is 0.960. The van der Waals surface area contributed by atoms with E-state index >= 15 is 0 Å². The van der Waals surface area contributed by atoms with Crippen LogP contribution in [0.1, 0.15) is 29.4 Å². The van der Waals surface area contributed by atoms with Crippen LogP contribution >= 0.6 is 11.3 Å². The number of thiophene rings is 1. The molecule has 8 heteroatoms. The Kier molecular flexibility index (Phi) is 5.36. The number of aromatic nitrogens is 2. The van der Waals surface area contributed by atoms with Crippen molar-refractivity contribution in [1.29, 1.82) is 0 Å². The zero-order chi connectivity index (χ0) is 20.5. The van der Waals surface area contributed by atoms with E-state index in [0.29, 0.717) is 48.7 Å². The molecule has 1 aromatic carbocycles. The summed E-state index contributed by atoms with van der Waals surface area (Å²) >= 11 is 1.36. The molecule has 29 heavy (non-hydrogen) atoms. The van der Waals surface area contributed by atoms with Crippen molar-refractivity contribution in [3.05, 3.63) is 41.0 Å². The number of hydrogen-bond donors (Lipinski definition) is 0. The molecule has 0 unspecified atom stereocenters. The maximum atomic E-state index is 14.3. The number of likely N-dealkylation sites (tertiary alicyclic amines) is 1. The van der Waals surface area contributed by atoms with Crippen molar-refractivity contribution in [2.75, 3.05) is 19.7 Å². The first-order valence-corrected chi connectivity index (χ1v) is 10.5. The lowest BCUT2D eigenvalue weighted by Gasteiger charge is -2.30. The molecule has 1 aliphatic heterocycles. The van der Waals surface area contributed by atoms with Crippen LogP contribution in [-0.2, 0) is 16.6 Å². The highest BCUT2D eigenvalue weighted by Crippen LogP contribution is 2.35. The van der Waals surface area contributed by atoms with Gasteiger partial charge in [0.1, 0.15) is 16.3 Å². The Bertz CT molecular complexity index is 1070. The number of hydrogen-bond acceptors (Lipinski definition) is 5. The molecule has 0 radical (unpaired) electrons. The van der Waals surface area contributed by atoms with E-state index in [1.165, 1.54) is 17.4 Å². The van der Waals surface area contributed by atoms with Crippen molar-refractivity contribution >= 4 is 33.4 Å². The van der Waals surface area contributed by atoms with Crippen LogP contribution in [0.3, 0.4) is 0 Å². The number of esters is 1. The van der Waals surface area contributed by atoms with Gasteiger partial charge in [0.15, 0.2) is 0 Å². The second-order valence-electron chi connectivity index (χ2n) is 7.10. The van der Waals surface area contributed by atoms with Gasteiger partial charge in [-0.15, -0.1) is 11.3 Å². The second kappa shape index (κ2) is 7.94. The summed E-state index contributed by atoms with van der Waals surface area (Å²) in [5, 5.41) is 5.22. The Balaban J connectivity index is 1.56. The maximum absolute atomic E-state index is 14.3. The Labute approximate surface area is 171 Å². The molecule has 0 saturated carbocycles. The third-order valence-electron chi connectivity index (χ3n) is 5.25. The topological polar surface area (TPSA) is 64.4 Å². The first-order chi connectivity index (χ1) is 14.0. The molecule has 3 heterocycles. The standard InChI is InChI=1S/C21H22FN3O3S/c1-3-28-21(27)13-8-10-25(11-9-13)19(26)17-12-15-18(23-24(2)20(15)29-17)14-6-4-5-7-16(14)22/h4-7,12-13H,3,8-11H2,1-2H3. The van der Waals surface area contributed by atoms with Crippen molar-refractivity contribution in [2.45, 2.75) is 19.8 Å². The molecule has 0 bridgehead atoms. The Morgan fingerprint density at radius 3 is 2.69 bits per heavy atom. The van der Waals surface area contributed by atoms with Gasteiger partial charge < -0.3 is 9.64 Å². The lowest BCUT2D eigenvalue weighted by Crippen LogP contribution is -2.40. The summed E-state index contributed by atoms with van der Waals surface area (Å²) in [6, 6.07) is 8.31. The van der Waals surface area contributed by atoms with Gasteiger partial charge in [0.25, 0.3) is 5.91 Å². The Morgan fingerprint density at radius 1 is 1.28 bits per heavy atom. The summed E-state index contributed by atoms with van der Waals surface area (Å²) in [4.78, 5) is 28.1. The van der Waals surface area contributed by atoms with Crippen molar-refractivity contribution in [1.82, 2.24) is 14.7 Å². The van der Waals surface area contributed by atoms with Gasteiger partial charge in [0.2, 0.25) is 0 Å². The molecular weight excluding hydrogens is 393 g/mol. The number of carbonyl (C=O) groups is 2. The molecule has 4 rings (SSSR count). The third-order valence-corrected chi connectivity index (χ3v) is 6.44. The summed E-state index contributed by atoms with van der Waals surface area (Å²) in [7, 11) is 1.79. The highest BCUT2D eigenvalue weighted by atomic mass is 32.1. The number of rotatable bonds is 4. The van der Waals surface area contributed by atoms with Crippen LogP contribution in [0.4, 0.5) is 4.39 Å². The van der Waals surface area contributed by atoms with E-state index in [1.807, 2.05) is 0 Å². The van der Waals surface area contributed by atoms with Crippen LogP contribution in [0.2, 0.25) is 0 Å². The maximum Gasteiger partial charge on any atom is 0.309 e. The normalized spacial score (nSPS) is 15.1. The van der Waals surface area contributed by atoms with Gasteiger partial charge in [-0.3, -0.25) is 14.3 Å². The van der Waals surface area contributed by atoms with Gasteiger partial charge in [0.05, 0.1) is 17.4 Å². The SMILES string of the molecule is CCOC(=O)C1CCN(C(=O)c2cc3c(-c4ccccc4F)nn(C)c3s2)CC1. The fraction of sp³-hybridized carbons (Fsp3) is 0.381. The first kappa shape index (κ1) is 19.6. The smallest absolute Gasteiger partial charge is 0.309 e. The van der Waals surface area contributed by atoms with E-state index in [4.69, 9.17) is 4.74 Å². The minimum absolute atomic E-state index is 0.0620. The highest BCUT2D eigenvalue weighted by Gasteiger charge is 2.30. The molecule has 1 amide bonds. The number of carbonyl (C=O) groups excluding carboxylic acids is 2. The average molecular weight is 415 g/mol. The van der Waals surface area contributed by atoms with Gasteiger partial charge in [-0.25, -0.2) is 4.39 Å². The molecule has 1 aliphatic rings. The summed E-state index contributed by atoms with van der Waals surface area (Å²) in [6.07, 6.45) is 1.22. The molecule has 0 aliphatic carbocycles. The van der Waals surface area contributed by atoms with Gasteiger partial charge >= 0.3 is 5.97 Å². The first-order valence-electron chi connectivity index (χ1n) is 9.67. The third kappa shape index (κ3) is 3.64. The number of nitrogens with zero attached hydrogens (tertiary/aromatic N) is 3. The van der Waals surface area contributed by atoms with Crippen molar-refractivity contribution in [2.24, 2.45) is 13.0 Å². The average Bonchev–Trinajstić information content (AvgIpc) is 3.29. The monoisotopic (exact) mass is 415 g/mol. The fourth-order valence-corrected chi connectivity index (χ4v) is 4.77. The summed E-state index contributed by atoms with van der Waals surface area (Å²) in [5.74, 6) is -0.721. The second-order valence-corrected chi connectivity index (χ2v) is 8.13. The number of benzene rings is 1. The van der Waals surface area contributed by atoms with Crippen LogP contribution in [0, 0.1) is 11.7 Å². The van der Waals surface area contributed by atoms with E-state index < -0.39 is 0 Å². The van der Waals surface area contributed by atoms with Crippen LogP contribution in [0.25, 0.3) is 21.5 Å². The number of aryl methyl sites for hydroxylation is 1. The number of halogens is 1. The highest BCUT2D eigenvalue weighted by molar-refractivity contribution is 7.20. The Morgan fingerprint density at radius 2 is 2.00 bits per heavy atom. The van der Waals surface area contributed by atoms with Crippen LogP contribution in [0.5, 0.6) is 0 Å². The van der Waals surface area contributed by atoms with E-state index in [9.17, 15) is 14.0 Å². The summed E-state index contributed by atoms with van der Waals surface area (Å²) in [6.45, 7) is 3.21. The van der Waals surface area contributed by atoms with Crippen molar-refractivity contribution in [3.63, 3.8) is 0 Å². The zero-order valence-electron chi connectivity index (χ0n) is 16.4. The van der Waals surface area contributed by atoms with Crippen LogP contribution < -0.4 is 0 Å². The van der Waals surface area contributed by atoms with Crippen molar-refractivity contribution < 1.29 is 18.7 Å². The van der Waals surface area contributed by atoms with Crippen LogP contribution in [0.15, 0.2) is 30.3 Å². The number of ether oxygens (including phenoxy) is 1. The number of amides is 1. The predicted molar refractivity (Wildman–Crippen MR) is 109 cm³/mol. The van der Waals surface area contributed by atoms with Gasteiger partial charge in [-0.2, -0.15) is 5.10 Å². The minimum Gasteiger partial charge on any atom is -0.466 e. The summed E-state index contributed by atoms with van der Waals surface area (Å²) < 4.78 is 21.0. The van der Waals surface area contributed by atoms with Gasteiger partial charge in [-0.1, -0.05) is 12.1 Å². The number of piperidine rings is 1. The quantitative estimate of drug-likeness (QED) is 0.607. The largest absolute Gasteiger partial charge is 0.466 e.